The lowest BCUT2D eigenvalue weighted by Crippen LogP contribution is -2.55. The molecule has 0 unspecified atom stereocenters. The molecule has 0 aromatic heterocycles. The number of carbonyl (C=O) groups is 2. The van der Waals surface area contributed by atoms with Crippen molar-refractivity contribution in [3.8, 4) is 0 Å². The first-order valence-electron chi connectivity index (χ1n) is 11.0. The Morgan fingerprint density at radius 1 is 0.969 bits per heavy atom. The first-order chi connectivity index (χ1) is 15.5. The summed E-state index contributed by atoms with van der Waals surface area (Å²) in [6.45, 7) is 4.08. The van der Waals surface area contributed by atoms with Gasteiger partial charge in [0.2, 0.25) is 0 Å². The summed E-state index contributed by atoms with van der Waals surface area (Å²) in [6, 6.07) is 17.6. The van der Waals surface area contributed by atoms with Gasteiger partial charge in [-0.25, -0.2) is 9.59 Å². The van der Waals surface area contributed by atoms with Crippen LogP contribution in [0.4, 0.5) is 0 Å². The zero-order valence-corrected chi connectivity index (χ0v) is 19.1. The van der Waals surface area contributed by atoms with Crippen molar-refractivity contribution in [2.75, 3.05) is 12.4 Å². The van der Waals surface area contributed by atoms with E-state index in [9.17, 15) is 9.59 Å². The van der Waals surface area contributed by atoms with Crippen LogP contribution in [0.3, 0.4) is 0 Å². The maximum atomic E-state index is 12.9. The first-order valence-corrected chi connectivity index (χ1v) is 12.1. The highest BCUT2D eigenvalue weighted by molar-refractivity contribution is 7.99. The molecule has 0 spiro atoms. The van der Waals surface area contributed by atoms with Crippen molar-refractivity contribution in [1.29, 1.82) is 0 Å². The van der Waals surface area contributed by atoms with E-state index in [0.717, 1.165) is 5.75 Å². The fourth-order valence-electron chi connectivity index (χ4n) is 4.24. The Balaban J connectivity index is 1.55. The average Bonchev–Trinajstić information content (AvgIpc) is 3.14. The number of hydrogen-bond donors (Lipinski definition) is 0. The molecule has 0 radical (unpaired) electrons. The van der Waals surface area contributed by atoms with Gasteiger partial charge in [0.1, 0.15) is 18.8 Å². The van der Waals surface area contributed by atoms with Gasteiger partial charge in [-0.15, -0.1) is 0 Å². The van der Waals surface area contributed by atoms with E-state index in [2.05, 4.69) is 6.92 Å². The lowest BCUT2D eigenvalue weighted by atomic mass is 10.1. The van der Waals surface area contributed by atoms with Gasteiger partial charge in [0.25, 0.3) is 0 Å². The van der Waals surface area contributed by atoms with Gasteiger partial charge in [0, 0.05) is 11.7 Å². The van der Waals surface area contributed by atoms with Crippen molar-refractivity contribution in [3.63, 3.8) is 0 Å². The smallest absolute Gasteiger partial charge is 0.338 e. The van der Waals surface area contributed by atoms with Crippen LogP contribution >= 0.6 is 11.8 Å². The summed E-state index contributed by atoms with van der Waals surface area (Å²) in [5.41, 5.74) is 0.919. The van der Waals surface area contributed by atoms with E-state index < -0.39 is 29.9 Å². The first kappa shape index (κ1) is 22.8. The molecule has 0 N–H and O–H groups in total. The molecular weight excluding hydrogens is 428 g/mol. The molecule has 2 aromatic carbocycles. The van der Waals surface area contributed by atoms with Crippen molar-refractivity contribution in [2.45, 2.75) is 56.0 Å². The molecule has 2 aliphatic rings. The molecule has 2 heterocycles. The van der Waals surface area contributed by atoms with Crippen molar-refractivity contribution < 1.29 is 28.5 Å². The fraction of sp³-hybridized carbons (Fsp3) is 0.440. The van der Waals surface area contributed by atoms with Gasteiger partial charge in [-0.05, 0) is 36.4 Å². The number of esters is 2. The Morgan fingerprint density at radius 2 is 1.59 bits per heavy atom. The van der Waals surface area contributed by atoms with Crippen molar-refractivity contribution in [3.05, 3.63) is 71.8 Å². The van der Waals surface area contributed by atoms with Gasteiger partial charge in [-0.3, -0.25) is 0 Å². The Bertz CT molecular complexity index is 921. The van der Waals surface area contributed by atoms with E-state index in [1.54, 1.807) is 60.3 Å². The molecule has 5 atom stereocenters. The van der Waals surface area contributed by atoms with Crippen LogP contribution in [0.25, 0.3) is 0 Å². The normalized spacial score (nSPS) is 28.8. The molecular formula is C25H28O6S. The van der Waals surface area contributed by atoms with Gasteiger partial charge >= 0.3 is 11.9 Å². The predicted molar refractivity (Wildman–Crippen MR) is 122 cm³/mol. The third kappa shape index (κ3) is 4.85. The van der Waals surface area contributed by atoms with Gasteiger partial charge in [0.15, 0.2) is 11.9 Å². The van der Waals surface area contributed by atoms with Crippen LogP contribution < -0.4 is 0 Å². The molecule has 2 saturated heterocycles. The summed E-state index contributed by atoms with van der Waals surface area (Å²) in [6.07, 6.45) is -0.266. The molecule has 0 amide bonds. The Hall–Kier alpha value is -2.35. The lowest BCUT2D eigenvalue weighted by Gasteiger charge is -2.42. The summed E-state index contributed by atoms with van der Waals surface area (Å²) in [5, 5.41) is 0.128. The molecule has 6 nitrogen and oxygen atoms in total. The van der Waals surface area contributed by atoms with Crippen LogP contribution in [0.2, 0.25) is 0 Å². The number of ether oxygens (including phenoxy) is 4. The molecule has 0 aliphatic carbocycles. The number of fused-ring (bicyclic) bond motifs is 2. The number of carbonyl (C=O) groups excluding carboxylic acids is 2. The fourth-order valence-corrected chi connectivity index (χ4v) is 5.44. The Morgan fingerprint density at radius 3 is 2.19 bits per heavy atom. The van der Waals surface area contributed by atoms with E-state index >= 15 is 0 Å². The quantitative estimate of drug-likeness (QED) is 0.542. The second kappa shape index (κ2) is 10.1. The predicted octanol–water partition coefficient (Wildman–Crippen LogP) is 4.48. The second-order valence-electron chi connectivity index (χ2n) is 7.90. The van der Waals surface area contributed by atoms with E-state index in [0.29, 0.717) is 24.0 Å². The molecule has 32 heavy (non-hydrogen) atoms. The van der Waals surface area contributed by atoms with Crippen LogP contribution in [0.15, 0.2) is 60.7 Å². The summed E-state index contributed by atoms with van der Waals surface area (Å²) in [7, 11) is 0. The maximum Gasteiger partial charge on any atom is 0.338 e. The van der Waals surface area contributed by atoms with Crippen molar-refractivity contribution in [1.82, 2.24) is 0 Å². The van der Waals surface area contributed by atoms with E-state index in [-0.39, 0.29) is 18.0 Å². The minimum Gasteiger partial charge on any atom is -0.459 e. The monoisotopic (exact) mass is 456 g/mol. The Kier molecular flexibility index (Phi) is 7.18. The van der Waals surface area contributed by atoms with Crippen LogP contribution in [-0.2, 0) is 18.9 Å². The molecule has 0 saturated carbocycles. The largest absolute Gasteiger partial charge is 0.459 e. The minimum atomic E-state index is -0.753. The molecule has 2 aliphatic heterocycles. The molecule has 170 valence electrons. The standard InChI is InChI=1S/C25H28O6S/c1-3-25-15-20(32-4-2)22(31-25)21(29-24(27)18-13-9-6-10-14-18)19(30-25)16-28-23(26)17-11-7-5-8-12-17/h5-14,19-22H,3-4,15-16H2,1-2H3/t19-,20+,21-,22-,25+/m1/s1. The highest BCUT2D eigenvalue weighted by Gasteiger charge is 2.58. The third-order valence-electron chi connectivity index (χ3n) is 5.85. The molecule has 2 bridgehead atoms. The summed E-state index contributed by atoms with van der Waals surface area (Å²) >= 11 is 1.78. The van der Waals surface area contributed by atoms with Gasteiger partial charge in [-0.2, -0.15) is 11.8 Å². The molecule has 4 rings (SSSR count). The van der Waals surface area contributed by atoms with Gasteiger partial charge in [0.05, 0.1) is 11.1 Å². The van der Waals surface area contributed by atoms with Gasteiger partial charge < -0.3 is 18.9 Å². The highest BCUT2D eigenvalue weighted by Crippen LogP contribution is 2.47. The van der Waals surface area contributed by atoms with Crippen LogP contribution in [0.1, 0.15) is 47.4 Å². The van der Waals surface area contributed by atoms with E-state index in [1.165, 1.54) is 0 Å². The summed E-state index contributed by atoms with van der Waals surface area (Å²) in [4.78, 5) is 25.4. The molecule has 7 heteroatoms. The summed E-state index contributed by atoms with van der Waals surface area (Å²) in [5.74, 6) is -0.724. The highest BCUT2D eigenvalue weighted by atomic mass is 32.2. The minimum absolute atomic E-state index is 0.0222. The number of rotatable bonds is 8. The van der Waals surface area contributed by atoms with E-state index in [1.807, 2.05) is 19.1 Å². The number of thioether (sulfide) groups is 1. The lowest BCUT2D eigenvalue weighted by molar-refractivity contribution is -0.321. The third-order valence-corrected chi connectivity index (χ3v) is 7.04. The second-order valence-corrected chi connectivity index (χ2v) is 9.42. The number of benzene rings is 2. The van der Waals surface area contributed by atoms with Crippen molar-refractivity contribution in [2.24, 2.45) is 0 Å². The van der Waals surface area contributed by atoms with Crippen LogP contribution in [0.5, 0.6) is 0 Å². The number of hydrogen-bond acceptors (Lipinski definition) is 7. The zero-order chi connectivity index (χ0) is 22.6. The SMILES string of the molecule is CCS[C@H]1C[C@]2(CC)O[C@H]1[C@H](OC(=O)c1ccccc1)[C@@H](COC(=O)c1ccccc1)O2. The van der Waals surface area contributed by atoms with Crippen molar-refractivity contribution >= 4 is 23.7 Å². The topological polar surface area (TPSA) is 71.1 Å². The Labute approximate surface area is 192 Å². The average molecular weight is 457 g/mol. The maximum absolute atomic E-state index is 12.9. The van der Waals surface area contributed by atoms with Gasteiger partial charge in [-0.1, -0.05) is 50.2 Å². The van der Waals surface area contributed by atoms with E-state index in [4.69, 9.17) is 18.9 Å². The zero-order valence-electron chi connectivity index (χ0n) is 18.3. The molecule has 2 fully saturated rings. The van der Waals surface area contributed by atoms with Crippen LogP contribution in [-0.4, -0.2) is 53.6 Å². The molecule has 2 aromatic rings. The summed E-state index contributed by atoms with van der Waals surface area (Å²) < 4.78 is 24.2. The van der Waals surface area contributed by atoms with Crippen LogP contribution in [0, 0.1) is 0 Å².